The van der Waals surface area contributed by atoms with Crippen molar-refractivity contribution >= 4 is 21.5 Å². The largest absolute Gasteiger partial charge is 0.228 e. The molecule has 0 saturated carbocycles. The maximum atomic E-state index is 5.29. The zero-order valence-corrected chi connectivity index (χ0v) is 36.6. The molecule has 0 aliphatic rings. The normalized spacial score (nSPS) is 11.2. The van der Waals surface area contributed by atoms with E-state index in [1.807, 2.05) is 72.8 Å². The predicted molar refractivity (Wildman–Crippen MR) is 275 cm³/mol. The molecule has 0 radical (unpaired) electrons. The Morgan fingerprint density at radius 2 is 0.426 bits per heavy atom. The van der Waals surface area contributed by atoms with E-state index >= 15 is 0 Å². The molecule has 0 spiro atoms. The average Bonchev–Trinajstić information content (AvgIpc) is 3.43. The second-order valence-corrected chi connectivity index (χ2v) is 16.6. The third-order valence-corrected chi connectivity index (χ3v) is 12.1. The topological polar surface area (TPSA) is 90.2 Å². The third-order valence-electron chi connectivity index (χ3n) is 12.1. The van der Waals surface area contributed by atoms with E-state index in [1.54, 1.807) is 0 Å². The van der Waals surface area contributed by atoms with Crippen LogP contribution in [0.15, 0.2) is 237 Å². The molecule has 7 nitrogen and oxygen atoms in total. The minimum absolute atomic E-state index is 0.486. The van der Waals surface area contributed by atoms with Gasteiger partial charge in [-0.15, -0.1) is 0 Å². The van der Waals surface area contributed by atoms with Gasteiger partial charge in [0.25, 0.3) is 0 Å². The zero-order valence-electron chi connectivity index (χ0n) is 36.6. The van der Waals surface area contributed by atoms with Crippen molar-refractivity contribution in [3.63, 3.8) is 0 Å². The Morgan fingerprint density at radius 3 is 0.750 bits per heavy atom. The molecular weight excluding hydrogens is 831 g/mol. The summed E-state index contributed by atoms with van der Waals surface area (Å²) in [5, 5.41) is 4.46. The van der Waals surface area contributed by atoms with Gasteiger partial charge >= 0.3 is 0 Å². The summed E-state index contributed by atoms with van der Waals surface area (Å²) in [4.78, 5) is 36.9. The summed E-state index contributed by atoms with van der Waals surface area (Å²) in [6.07, 6.45) is 0. The van der Waals surface area contributed by atoms with Gasteiger partial charge in [0.05, 0.1) is 22.8 Å². The van der Waals surface area contributed by atoms with Crippen LogP contribution in [0.4, 0.5) is 0 Å². The molecule has 0 bridgehead atoms. The Kier molecular flexibility index (Phi) is 10.4. The molecule has 0 saturated heterocycles. The lowest BCUT2D eigenvalue weighted by atomic mass is 10.0. The smallest absolute Gasteiger partial charge is 0.164 e. The number of benzene rings is 9. The van der Waals surface area contributed by atoms with E-state index < -0.39 is 0 Å². The van der Waals surface area contributed by atoms with Crippen LogP contribution in [0, 0.1) is 0 Å². The number of rotatable bonds is 9. The van der Waals surface area contributed by atoms with Gasteiger partial charge in [0, 0.05) is 50.1 Å². The highest BCUT2D eigenvalue weighted by Gasteiger charge is 2.20. The first kappa shape index (κ1) is 40.2. The summed E-state index contributed by atoms with van der Waals surface area (Å²) in [6, 6.07) is 80.5. The zero-order chi connectivity index (χ0) is 45.2. The van der Waals surface area contributed by atoms with Crippen LogP contribution in [0.3, 0.4) is 0 Å². The van der Waals surface area contributed by atoms with Gasteiger partial charge in [0.2, 0.25) is 0 Å². The number of hydrogen-bond acceptors (Lipinski definition) is 7. The maximum Gasteiger partial charge on any atom is 0.164 e. The molecule has 3 aromatic heterocycles. The van der Waals surface area contributed by atoms with Gasteiger partial charge in [0.1, 0.15) is 0 Å². The van der Waals surface area contributed by atoms with E-state index in [9.17, 15) is 0 Å². The molecule has 318 valence electrons. The van der Waals surface area contributed by atoms with Gasteiger partial charge in [-0.3, -0.25) is 0 Å². The number of aromatic nitrogens is 7. The van der Waals surface area contributed by atoms with Crippen molar-refractivity contribution in [2.45, 2.75) is 0 Å². The molecule has 0 unspecified atom stereocenters. The van der Waals surface area contributed by atoms with E-state index in [0.29, 0.717) is 29.1 Å². The maximum absolute atomic E-state index is 5.29. The quantitative estimate of drug-likeness (QED) is 0.143. The number of nitrogens with zero attached hydrogens (tertiary/aromatic N) is 7. The first-order valence-corrected chi connectivity index (χ1v) is 22.5. The van der Waals surface area contributed by atoms with Gasteiger partial charge in [-0.2, -0.15) is 0 Å². The lowest BCUT2D eigenvalue weighted by Crippen LogP contribution is -2.02. The fourth-order valence-electron chi connectivity index (χ4n) is 8.61. The van der Waals surface area contributed by atoms with E-state index in [-0.39, 0.29) is 0 Å². The summed E-state index contributed by atoms with van der Waals surface area (Å²) >= 11 is 0. The van der Waals surface area contributed by atoms with Crippen molar-refractivity contribution in [3.8, 4) is 102 Å². The molecular formula is C61H39N7. The SMILES string of the molecule is c1ccc(-c2cc(-c3ccccc3)nc(-c3cc(-c4nc(-c5ccccc5)cc(-c5ccccc5)n4)cc(-c4nc(-c5ccc6ccccc6c5)nc(-c5ccc6ccccc6c5)n4)c3)n2)cc1. The van der Waals surface area contributed by atoms with E-state index in [1.165, 1.54) is 0 Å². The molecule has 68 heavy (non-hydrogen) atoms. The fourth-order valence-corrected chi connectivity index (χ4v) is 8.61. The van der Waals surface area contributed by atoms with Crippen LogP contribution >= 0.6 is 0 Å². The van der Waals surface area contributed by atoms with Gasteiger partial charge in [-0.05, 0) is 64.0 Å². The first-order chi connectivity index (χ1) is 33.6. The van der Waals surface area contributed by atoms with Crippen molar-refractivity contribution in [2.24, 2.45) is 0 Å². The van der Waals surface area contributed by atoms with Gasteiger partial charge in [-0.1, -0.05) is 194 Å². The highest BCUT2D eigenvalue weighted by Crippen LogP contribution is 2.36. The van der Waals surface area contributed by atoms with Crippen molar-refractivity contribution in [3.05, 3.63) is 237 Å². The Morgan fingerprint density at radius 1 is 0.162 bits per heavy atom. The fraction of sp³-hybridized carbons (Fsp3) is 0. The van der Waals surface area contributed by atoms with Crippen molar-refractivity contribution in [1.82, 2.24) is 34.9 Å². The highest BCUT2D eigenvalue weighted by molar-refractivity contribution is 5.89. The standard InChI is InChI=1S/C61H39N7/c1-5-19-42(20-6-1)53-38-54(43-21-7-2-8-22-43)63-59(62-53)50-35-51(60-64-55(44-23-9-3-10-24-44)39-56(65-60)45-25-11-4-12-26-45)37-52(36-50)61-67-57(48-31-29-40-17-13-15-27-46(40)33-48)66-58(68-61)49-32-30-41-18-14-16-28-47(41)34-49/h1-39H. The van der Waals surface area contributed by atoms with Crippen molar-refractivity contribution < 1.29 is 0 Å². The summed E-state index contributed by atoms with van der Waals surface area (Å²) < 4.78 is 0. The number of fused-ring (bicyclic) bond motifs is 2. The van der Waals surface area contributed by atoms with Crippen molar-refractivity contribution in [2.75, 3.05) is 0 Å². The van der Waals surface area contributed by atoms with Crippen LogP contribution in [0.1, 0.15) is 0 Å². The second-order valence-electron chi connectivity index (χ2n) is 16.6. The van der Waals surface area contributed by atoms with Gasteiger partial charge in [-0.25, -0.2) is 34.9 Å². The molecule has 12 aromatic rings. The minimum atomic E-state index is 0.486. The molecule has 0 amide bonds. The van der Waals surface area contributed by atoms with Crippen LogP contribution in [0.25, 0.3) is 124 Å². The second kappa shape index (κ2) is 17.6. The molecule has 9 aromatic carbocycles. The summed E-state index contributed by atoms with van der Waals surface area (Å²) in [6.45, 7) is 0. The summed E-state index contributed by atoms with van der Waals surface area (Å²) in [7, 11) is 0. The summed E-state index contributed by atoms with van der Waals surface area (Å²) in [5.74, 6) is 2.67. The number of hydrogen-bond donors (Lipinski definition) is 0. The third kappa shape index (κ3) is 8.16. The lowest BCUT2D eigenvalue weighted by Gasteiger charge is -2.14. The Hall–Kier alpha value is -9.33. The van der Waals surface area contributed by atoms with Crippen LogP contribution in [-0.2, 0) is 0 Å². The monoisotopic (exact) mass is 869 g/mol. The average molecular weight is 870 g/mol. The molecule has 0 atom stereocenters. The molecule has 12 rings (SSSR count). The van der Waals surface area contributed by atoms with Crippen LogP contribution in [0.5, 0.6) is 0 Å². The van der Waals surface area contributed by atoms with Gasteiger partial charge < -0.3 is 0 Å². The Balaban J connectivity index is 1.12. The molecule has 0 fully saturated rings. The van der Waals surface area contributed by atoms with Crippen LogP contribution in [0.2, 0.25) is 0 Å². The summed E-state index contributed by atoms with van der Waals surface area (Å²) in [5.41, 5.74) is 11.1. The molecule has 7 heteroatoms. The van der Waals surface area contributed by atoms with Gasteiger partial charge in [0.15, 0.2) is 29.1 Å². The Bertz CT molecular complexity index is 3430. The Labute approximate surface area is 393 Å². The van der Waals surface area contributed by atoms with Crippen molar-refractivity contribution in [1.29, 1.82) is 0 Å². The minimum Gasteiger partial charge on any atom is -0.228 e. The molecule has 0 aliphatic carbocycles. The molecule has 0 N–H and O–H groups in total. The van der Waals surface area contributed by atoms with E-state index in [2.05, 4.69) is 164 Å². The molecule has 3 heterocycles. The lowest BCUT2D eigenvalue weighted by molar-refractivity contribution is 1.07. The van der Waals surface area contributed by atoms with E-state index in [0.717, 1.165) is 94.4 Å². The van der Waals surface area contributed by atoms with Crippen LogP contribution in [-0.4, -0.2) is 34.9 Å². The van der Waals surface area contributed by atoms with E-state index in [4.69, 9.17) is 34.9 Å². The highest BCUT2D eigenvalue weighted by atomic mass is 15.0. The molecule has 0 aliphatic heterocycles. The van der Waals surface area contributed by atoms with Crippen LogP contribution < -0.4 is 0 Å². The predicted octanol–water partition coefficient (Wildman–Crippen LogP) is 14.8. The first-order valence-electron chi connectivity index (χ1n) is 22.5.